The van der Waals surface area contributed by atoms with Gasteiger partial charge >= 0.3 is 0 Å². The second-order valence-electron chi connectivity index (χ2n) is 4.96. The number of aryl methyl sites for hydroxylation is 1. The fraction of sp³-hybridized carbons (Fsp3) is 0.333. The van der Waals surface area contributed by atoms with Crippen LogP contribution in [0.15, 0.2) is 42.7 Å². The van der Waals surface area contributed by atoms with Crippen molar-refractivity contribution in [3.05, 3.63) is 48.5 Å². The highest BCUT2D eigenvalue weighted by molar-refractivity contribution is 5.94. The van der Waals surface area contributed by atoms with Crippen molar-refractivity contribution in [3.63, 3.8) is 0 Å². The minimum absolute atomic E-state index is 0.0418. The van der Waals surface area contributed by atoms with Crippen LogP contribution in [0.3, 0.4) is 0 Å². The third-order valence-electron chi connectivity index (χ3n) is 3.77. The smallest absolute Gasteiger partial charge is 0.230 e. The number of imidazole rings is 1. The van der Waals surface area contributed by atoms with Crippen LogP contribution < -0.4 is 4.90 Å². The molecule has 3 rings (SSSR count). The molecule has 0 radical (unpaired) electrons. The summed E-state index contributed by atoms with van der Waals surface area (Å²) in [4.78, 5) is 18.6. The van der Waals surface area contributed by atoms with Gasteiger partial charge in [0.25, 0.3) is 0 Å². The Labute approximate surface area is 112 Å². The summed E-state index contributed by atoms with van der Waals surface area (Å²) in [6, 6.07) is 9.78. The lowest BCUT2D eigenvalue weighted by molar-refractivity contribution is -0.122. The minimum Gasteiger partial charge on any atom is -0.335 e. The molecule has 0 spiro atoms. The van der Waals surface area contributed by atoms with Crippen LogP contribution in [0.2, 0.25) is 0 Å². The van der Waals surface area contributed by atoms with Crippen molar-refractivity contribution in [2.45, 2.75) is 19.4 Å². The Morgan fingerprint density at radius 3 is 2.95 bits per heavy atom. The summed E-state index contributed by atoms with van der Waals surface area (Å²) in [5, 5.41) is 0. The molecule has 1 aliphatic rings. The molecule has 2 heterocycles. The van der Waals surface area contributed by atoms with E-state index in [1.807, 2.05) is 49.8 Å². The molecule has 2 aromatic rings. The van der Waals surface area contributed by atoms with Gasteiger partial charge in [0.15, 0.2) is 0 Å². The van der Waals surface area contributed by atoms with Gasteiger partial charge in [0.2, 0.25) is 5.91 Å². The van der Waals surface area contributed by atoms with Crippen molar-refractivity contribution in [1.82, 2.24) is 9.55 Å². The van der Waals surface area contributed by atoms with E-state index in [-0.39, 0.29) is 11.8 Å². The first-order valence-electron chi connectivity index (χ1n) is 6.58. The van der Waals surface area contributed by atoms with Gasteiger partial charge in [-0.2, -0.15) is 0 Å². The van der Waals surface area contributed by atoms with Gasteiger partial charge in [-0.05, 0) is 18.6 Å². The zero-order valence-electron chi connectivity index (χ0n) is 11.0. The lowest BCUT2D eigenvalue weighted by atomic mass is 9.96. The molecule has 0 fully saturated rings. The van der Waals surface area contributed by atoms with E-state index < -0.39 is 0 Å². The quantitative estimate of drug-likeness (QED) is 0.824. The van der Waals surface area contributed by atoms with Crippen LogP contribution in [-0.2, 0) is 17.8 Å². The Morgan fingerprint density at radius 1 is 1.37 bits per heavy atom. The van der Waals surface area contributed by atoms with Gasteiger partial charge in [0.1, 0.15) is 5.82 Å². The molecule has 1 atom stereocenters. The minimum atomic E-state index is 0.0418. The first-order chi connectivity index (χ1) is 9.25. The van der Waals surface area contributed by atoms with Crippen LogP contribution in [0.1, 0.15) is 12.2 Å². The van der Waals surface area contributed by atoms with Crippen molar-refractivity contribution in [2.75, 3.05) is 11.9 Å². The Kier molecular flexibility index (Phi) is 3.07. The molecule has 19 heavy (non-hydrogen) atoms. The number of hydrogen-bond acceptors (Lipinski definition) is 2. The molecule has 98 valence electrons. The molecule has 0 unspecified atom stereocenters. The van der Waals surface area contributed by atoms with Gasteiger partial charge < -0.3 is 9.47 Å². The molecule has 1 aliphatic heterocycles. The van der Waals surface area contributed by atoms with Crippen molar-refractivity contribution >= 4 is 11.6 Å². The average Bonchev–Trinajstić information content (AvgIpc) is 2.94. The van der Waals surface area contributed by atoms with Crippen molar-refractivity contribution in [3.8, 4) is 0 Å². The number of para-hydroxylation sites is 1. The number of aromatic nitrogens is 2. The number of hydrogen-bond donors (Lipinski definition) is 0. The normalized spacial score (nSPS) is 17.8. The summed E-state index contributed by atoms with van der Waals surface area (Å²) in [5.74, 6) is 1.24. The molecule has 0 saturated carbocycles. The second-order valence-corrected chi connectivity index (χ2v) is 4.96. The highest BCUT2D eigenvalue weighted by Crippen LogP contribution is 2.23. The van der Waals surface area contributed by atoms with E-state index >= 15 is 0 Å². The van der Waals surface area contributed by atoms with Crippen LogP contribution >= 0.6 is 0 Å². The molecule has 4 nitrogen and oxygen atoms in total. The summed E-state index contributed by atoms with van der Waals surface area (Å²) >= 11 is 0. The van der Waals surface area contributed by atoms with E-state index in [2.05, 4.69) is 9.55 Å². The van der Waals surface area contributed by atoms with E-state index in [1.54, 1.807) is 4.90 Å². The maximum absolute atomic E-state index is 12.5. The number of rotatable bonds is 2. The third kappa shape index (κ3) is 2.26. The molecular weight excluding hydrogens is 238 g/mol. The lowest BCUT2D eigenvalue weighted by Crippen LogP contribution is -2.36. The number of carbonyl (C=O) groups excluding carboxylic acids is 1. The monoisotopic (exact) mass is 255 g/mol. The van der Waals surface area contributed by atoms with Crippen LogP contribution in [0.5, 0.6) is 0 Å². The fourth-order valence-electron chi connectivity index (χ4n) is 2.61. The molecule has 0 N–H and O–H groups in total. The van der Waals surface area contributed by atoms with Crippen LogP contribution in [0.25, 0.3) is 0 Å². The van der Waals surface area contributed by atoms with E-state index in [4.69, 9.17) is 0 Å². The number of carbonyl (C=O) groups is 1. The molecule has 1 aromatic heterocycles. The predicted octanol–water partition coefficient (Wildman–Crippen LogP) is 2.11. The summed E-state index contributed by atoms with van der Waals surface area (Å²) in [6.07, 6.45) is 5.42. The average molecular weight is 255 g/mol. The number of anilines is 1. The molecule has 0 saturated heterocycles. The van der Waals surface area contributed by atoms with E-state index in [1.165, 1.54) is 0 Å². The first-order valence-corrected chi connectivity index (χ1v) is 6.58. The van der Waals surface area contributed by atoms with Crippen molar-refractivity contribution in [1.29, 1.82) is 0 Å². The topological polar surface area (TPSA) is 38.1 Å². The van der Waals surface area contributed by atoms with Gasteiger partial charge in [-0.15, -0.1) is 0 Å². The van der Waals surface area contributed by atoms with Crippen LogP contribution in [-0.4, -0.2) is 22.5 Å². The second kappa shape index (κ2) is 4.88. The van der Waals surface area contributed by atoms with E-state index in [0.29, 0.717) is 0 Å². The van der Waals surface area contributed by atoms with Crippen LogP contribution in [0.4, 0.5) is 5.69 Å². The fourth-order valence-corrected chi connectivity index (χ4v) is 2.61. The highest BCUT2D eigenvalue weighted by atomic mass is 16.2. The summed E-state index contributed by atoms with van der Waals surface area (Å²) < 4.78 is 2.13. The molecule has 4 heteroatoms. The van der Waals surface area contributed by atoms with Crippen LogP contribution in [0, 0.1) is 5.92 Å². The zero-order chi connectivity index (χ0) is 13.2. The van der Waals surface area contributed by atoms with E-state index in [9.17, 15) is 4.79 Å². The predicted molar refractivity (Wildman–Crippen MR) is 73.9 cm³/mol. The highest BCUT2D eigenvalue weighted by Gasteiger charge is 2.27. The number of nitrogens with zero attached hydrogens (tertiary/aromatic N) is 3. The largest absolute Gasteiger partial charge is 0.335 e. The Bertz CT molecular complexity index is 576. The van der Waals surface area contributed by atoms with Gasteiger partial charge in [0, 0.05) is 44.0 Å². The summed E-state index contributed by atoms with van der Waals surface area (Å²) in [6.45, 7) is 0.883. The standard InChI is InChI=1S/C15H17N3O/c1-17(13-5-3-2-4-6-13)15(19)12-7-9-18-10-8-16-14(18)11-12/h2-6,8,10,12H,7,9,11H2,1H3/t12-/m0/s1. The molecule has 1 amide bonds. The van der Waals surface area contributed by atoms with Crippen molar-refractivity contribution < 1.29 is 4.79 Å². The van der Waals surface area contributed by atoms with Gasteiger partial charge in [0.05, 0.1) is 0 Å². The Morgan fingerprint density at radius 2 is 2.16 bits per heavy atom. The summed E-state index contributed by atoms with van der Waals surface area (Å²) in [7, 11) is 1.85. The third-order valence-corrected chi connectivity index (χ3v) is 3.77. The number of benzene rings is 1. The zero-order valence-corrected chi connectivity index (χ0v) is 11.0. The lowest BCUT2D eigenvalue weighted by Gasteiger charge is -2.27. The number of fused-ring (bicyclic) bond motifs is 1. The number of amides is 1. The molecule has 1 aromatic carbocycles. The van der Waals surface area contributed by atoms with Crippen molar-refractivity contribution in [2.24, 2.45) is 5.92 Å². The Balaban J connectivity index is 1.75. The van der Waals surface area contributed by atoms with E-state index in [0.717, 1.165) is 30.9 Å². The SMILES string of the molecule is CN(C(=O)[C@H]1CCn2ccnc2C1)c1ccccc1. The maximum Gasteiger partial charge on any atom is 0.230 e. The Hall–Kier alpha value is -2.10. The molecule has 0 bridgehead atoms. The molecular formula is C15H17N3O. The first kappa shape index (κ1) is 12.0. The van der Waals surface area contributed by atoms with Gasteiger partial charge in [-0.3, -0.25) is 4.79 Å². The van der Waals surface area contributed by atoms with Gasteiger partial charge in [-0.1, -0.05) is 18.2 Å². The maximum atomic E-state index is 12.5. The molecule has 0 aliphatic carbocycles. The van der Waals surface area contributed by atoms with Gasteiger partial charge in [-0.25, -0.2) is 4.98 Å². The summed E-state index contributed by atoms with van der Waals surface area (Å²) in [5.41, 5.74) is 0.946.